The van der Waals surface area contributed by atoms with Crippen LogP contribution in [-0.4, -0.2) is 59.2 Å². The molecule has 5 nitrogen and oxygen atoms in total. The van der Waals surface area contributed by atoms with Crippen molar-refractivity contribution in [1.82, 2.24) is 4.90 Å². The molecule has 1 aliphatic heterocycles. The maximum absolute atomic E-state index is 12.0. The van der Waals surface area contributed by atoms with Gasteiger partial charge in [-0.2, -0.15) is 11.8 Å². The van der Waals surface area contributed by atoms with Crippen molar-refractivity contribution >= 4 is 23.6 Å². The van der Waals surface area contributed by atoms with Crippen LogP contribution < -0.4 is 0 Å². The molecule has 1 aliphatic rings. The molecule has 1 heterocycles. The van der Waals surface area contributed by atoms with Crippen LogP contribution in [0.3, 0.4) is 0 Å². The zero-order valence-corrected chi connectivity index (χ0v) is 11.6. The number of aliphatic carboxylic acids is 1. The molecule has 1 atom stereocenters. The quantitative estimate of drug-likeness (QED) is 0.708. The molecule has 104 valence electrons. The minimum Gasteiger partial charge on any atom is -0.481 e. The van der Waals surface area contributed by atoms with Gasteiger partial charge < -0.3 is 14.7 Å². The Hall–Kier alpha value is -0.750. The number of thioether (sulfide) groups is 1. The van der Waals surface area contributed by atoms with Crippen LogP contribution in [0.5, 0.6) is 0 Å². The molecule has 6 heteroatoms. The Morgan fingerprint density at radius 3 is 2.94 bits per heavy atom. The van der Waals surface area contributed by atoms with E-state index in [-0.39, 0.29) is 25.0 Å². The van der Waals surface area contributed by atoms with Crippen molar-refractivity contribution in [3.63, 3.8) is 0 Å². The average molecular weight is 275 g/mol. The summed E-state index contributed by atoms with van der Waals surface area (Å²) >= 11 is 1.70. The molecule has 0 radical (unpaired) electrons. The average Bonchev–Trinajstić information content (AvgIpc) is 2.34. The lowest BCUT2D eigenvalue weighted by Gasteiger charge is -2.34. The van der Waals surface area contributed by atoms with Gasteiger partial charge in [-0.1, -0.05) is 13.3 Å². The molecule has 1 N–H and O–H groups in total. The number of amides is 1. The van der Waals surface area contributed by atoms with E-state index in [1.54, 1.807) is 16.7 Å². The second-order valence-electron chi connectivity index (χ2n) is 4.32. The lowest BCUT2D eigenvalue weighted by Crippen LogP contribution is -2.48. The summed E-state index contributed by atoms with van der Waals surface area (Å²) in [6.45, 7) is 3.35. The van der Waals surface area contributed by atoms with Crippen molar-refractivity contribution < 1.29 is 19.4 Å². The fourth-order valence-corrected chi connectivity index (χ4v) is 2.90. The summed E-state index contributed by atoms with van der Waals surface area (Å²) in [6, 6.07) is -0.191. The summed E-state index contributed by atoms with van der Waals surface area (Å²) in [4.78, 5) is 24.4. The van der Waals surface area contributed by atoms with Gasteiger partial charge in [0, 0.05) is 24.7 Å². The maximum atomic E-state index is 12.0. The smallest absolute Gasteiger partial charge is 0.305 e. The Kier molecular flexibility index (Phi) is 7.12. The van der Waals surface area contributed by atoms with E-state index >= 15 is 0 Å². The molecule has 1 amide bonds. The highest BCUT2D eigenvalue weighted by Crippen LogP contribution is 2.19. The first-order valence-electron chi connectivity index (χ1n) is 6.32. The van der Waals surface area contributed by atoms with Crippen LogP contribution in [0, 0.1) is 0 Å². The lowest BCUT2D eigenvalue weighted by atomic mass is 10.2. The molecular formula is C12H21NO4S. The van der Waals surface area contributed by atoms with Crippen molar-refractivity contribution in [3.8, 4) is 0 Å². The molecule has 0 aromatic rings. The Labute approximate surface area is 112 Å². The monoisotopic (exact) mass is 275 g/mol. The van der Waals surface area contributed by atoms with Gasteiger partial charge in [0.05, 0.1) is 12.5 Å². The third-order valence-electron chi connectivity index (χ3n) is 2.83. The van der Waals surface area contributed by atoms with Crippen LogP contribution in [0.15, 0.2) is 0 Å². The molecule has 1 unspecified atom stereocenters. The summed E-state index contributed by atoms with van der Waals surface area (Å²) in [5.74, 6) is 0.633. The summed E-state index contributed by atoms with van der Waals surface area (Å²) in [6.07, 6.45) is 2.01. The molecule has 0 spiro atoms. The number of carboxylic acid groups (broad SMARTS) is 1. The molecule has 0 aromatic heterocycles. The molecule has 18 heavy (non-hydrogen) atoms. The van der Waals surface area contributed by atoms with Crippen LogP contribution in [0.2, 0.25) is 0 Å². The summed E-state index contributed by atoms with van der Waals surface area (Å²) in [7, 11) is 0. The zero-order valence-electron chi connectivity index (χ0n) is 10.8. The van der Waals surface area contributed by atoms with E-state index in [1.807, 2.05) is 0 Å². The van der Waals surface area contributed by atoms with E-state index in [0.717, 1.165) is 18.6 Å². The Morgan fingerprint density at radius 2 is 2.28 bits per heavy atom. The van der Waals surface area contributed by atoms with Gasteiger partial charge in [0.15, 0.2) is 0 Å². The van der Waals surface area contributed by atoms with Crippen LogP contribution in [0.25, 0.3) is 0 Å². The Balaban J connectivity index is 2.39. The van der Waals surface area contributed by atoms with Crippen molar-refractivity contribution in [3.05, 3.63) is 0 Å². The first-order chi connectivity index (χ1) is 8.65. The predicted molar refractivity (Wildman–Crippen MR) is 70.8 cm³/mol. The number of rotatable bonds is 7. The fraction of sp³-hybridized carbons (Fsp3) is 0.833. The number of hydrogen-bond acceptors (Lipinski definition) is 4. The number of carboxylic acids is 1. The molecule has 1 saturated heterocycles. The highest BCUT2D eigenvalue weighted by atomic mass is 32.2. The van der Waals surface area contributed by atoms with Gasteiger partial charge in [-0.05, 0) is 6.42 Å². The van der Waals surface area contributed by atoms with E-state index in [2.05, 4.69) is 6.92 Å². The molecular weight excluding hydrogens is 254 g/mol. The van der Waals surface area contributed by atoms with Crippen LogP contribution >= 0.6 is 11.8 Å². The fourth-order valence-electron chi connectivity index (χ4n) is 1.84. The van der Waals surface area contributed by atoms with E-state index in [1.165, 1.54) is 0 Å². The van der Waals surface area contributed by atoms with Crippen molar-refractivity contribution in [2.24, 2.45) is 0 Å². The van der Waals surface area contributed by atoms with Gasteiger partial charge in [0.25, 0.3) is 0 Å². The normalized spacial score (nSPS) is 19.8. The SMILES string of the molecule is CCCCOCC(=O)N1CCSCC1CC(=O)O. The molecule has 1 fully saturated rings. The summed E-state index contributed by atoms with van der Waals surface area (Å²) in [5, 5.41) is 8.83. The minimum absolute atomic E-state index is 0.0215. The zero-order chi connectivity index (χ0) is 13.4. The number of nitrogens with zero attached hydrogens (tertiary/aromatic N) is 1. The third-order valence-corrected chi connectivity index (χ3v) is 3.92. The first-order valence-corrected chi connectivity index (χ1v) is 7.47. The third kappa shape index (κ3) is 5.27. The number of hydrogen-bond donors (Lipinski definition) is 1. The van der Waals surface area contributed by atoms with E-state index in [0.29, 0.717) is 18.9 Å². The van der Waals surface area contributed by atoms with Crippen LogP contribution in [0.4, 0.5) is 0 Å². The van der Waals surface area contributed by atoms with Gasteiger partial charge in [0.2, 0.25) is 5.91 Å². The molecule has 0 aliphatic carbocycles. The Bertz CT molecular complexity index is 285. The Morgan fingerprint density at radius 1 is 1.50 bits per heavy atom. The van der Waals surface area contributed by atoms with Crippen molar-refractivity contribution in [2.45, 2.75) is 32.2 Å². The molecule has 0 aromatic carbocycles. The topological polar surface area (TPSA) is 66.8 Å². The van der Waals surface area contributed by atoms with Crippen molar-refractivity contribution in [1.29, 1.82) is 0 Å². The second kappa shape index (κ2) is 8.37. The van der Waals surface area contributed by atoms with Gasteiger partial charge in [-0.25, -0.2) is 0 Å². The van der Waals surface area contributed by atoms with E-state index in [9.17, 15) is 9.59 Å². The minimum atomic E-state index is -0.854. The number of ether oxygens (including phenoxy) is 1. The molecule has 1 rings (SSSR count). The highest BCUT2D eigenvalue weighted by Gasteiger charge is 2.28. The number of unbranched alkanes of at least 4 members (excludes halogenated alkanes) is 1. The van der Waals surface area contributed by atoms with Crippen molar-refractivity contribution in [2.75, 3.05) is 31.3 Å². The maximum Gasteiger partial charge on any atom is 0.305 e. The summed E-state index contributed by atoms with van der Waals surface area (Å²) in [5.41, 5.74) is 0. The molecule has 0 saturated carbocycles. The first kappa shape index (κ1) is 15.3. The highest BCUT2D eigenvalue weighted by molar-refractivity contribution is 7.99. The lowest BCUT2D eigenvalue weighted by molar-refractivity contribution is -0.142. The van der Waals surface area contributed by atoms with Gasteiger partial charge in [0.1, 0.15) is 6.61 Å². The van der Waals surface area contributed by atoms with Crippen LogP contribution in [0.1, 0.15) is 26.2 Å². The molecule has 0 bridgehead atoms. The second-order valence-corrected chi connectivity index (χ2v) is 5.47. The number of carbonyl (C=O) groups excluding carboxylic acids is 1. The van der Waals surface area contributed by atoms with Crippen LogP contribution in [-0.2, 0) is 14.3 Å². The van der Waals surface area contributed by atoms with E-state index in [4.69, 9.17) is 9.84 Å². The van der Waals surface area contributed by atoms with Gasteiger partial charge in [-0.3, -0.25) is 9.59 Å². The van der Waals surface area contributed by atoms with E-state index < -0.39 is 5.97 Å². The summed E-state index contributed by atoms with van der Waals surface area (Å²) < 4.78 is 5.30. The standard InChI is InChI=1S/C12H21NO4S/c1-2-3-5-17-8-11(14)13-4-6-18-9-10(13)7-12(15)16/h10H,2-9H2,1H3,(H,15,16). The van der Waals surface area contributed by atoms with Gasteiger partial charge >= 0.3 is 5.97 Å². The predicted octanol–water partition coefficient (Wildman–Crippen LogP) is 1.22. The van der Waals surface area contributed by atoms with Gasteiger partial charge in [-0.15, -0.1) is 0 Å². The largest absolute Gasteiger partial charge is 0.481 e. The number of carbonyl (C=O) groups is 2.